The molecule has 3 rings (SSSR count). The molecule has 2 saturated heterocycles. The van der Waals surface area contributed by atoms with E-state index in [1.54, 1.807) is 0 Å². The lowest BCUT2D eigenvalue weighted by Crippen LogP contribution is -2.60. The van der Waals surface area contributed by atoms with Crippen LogP contribution in [0.15, 0.2) is 0 Å². The summed E-state index contributed by atoms with van der Waals surface area (Å²) < 4.78 is 11.3. The van der Waals surface area contributed by atoms with Crippen LogP contribution in [-0.2, 0) is 14.3 Å². The van der Waals surface area contributed by atoms with Gasteiger partial charge in [-0.3, -0.25) is 9.69 Å². The highest BCUT2D eigenvalue weighted by Gasteiger charge is 2.44. The van der Waals surface area contributed by atoms with Gasteiger partial charge in [0.25, 0.3) is 0 Å². The average Bonchev–Trinajstić information content (AvgIpc) is 2.58. The summed E-state index contributed by atoms with van der Waals surface area (Å²) in [6.07, 6.45) is 9.55. The molecule has 3 fully saturated rings. The normalized spacial score (nSPS) is 30.1. The second-order valence-corrected chi connectivity index (χ2v) is 9.41. The molecule has 0 aromatic rings. The van der Waals surface area contributed by atoms with Gasteiger partial charge in [-0.1, -0.05) is 32.1 Å². The summed E-state index contributed by atoms with van der Waals surface area (Å²) >= 11 is 0. The predicted octanol–water partition coefficient (Wildman–Crippen LogP) is 4.33. The monoisotopic (exact) mass is 365 g/mol. The van der Waals surface area contributed by atoms with Gasteiger partial charge in [0, 0.05) is 12.3 Å². The van der Waals surface area contributed by atoms with Crippen LogP contribution in [0.25, 0.3) is 0 Å². The number of Topliss-reactive ketones (excluding diaryl/α,β-unsaturated/α-hetero) is 1. The molecule has 1 saturated carbocycles. The van der Waals surface area contributed by atoms with Crippen molar-refractivity contribution in [2.75, 3.05) is 13.2 Å². The van der Waals surface area contributed by atoms with Gasteiger partial charge in [-0.2, -0.15) is 0 Å². The molecule has 5 nitrogen and oxygen atoms in total. The van der Waals surface area contributed by atoms with Crippen molar-refractivity contribution in [3.63, 3.8) is 0 Å². The topological polar surface area (TPSA) is 55.8 Å². The summed E-state index contributed by atoms with van der Waals surface area (Å²) in [5.41, 5.74) is -0.501. The number of morpholine rings is 1. The Morgan fingerprint density at radius 3 is 2.23 bits per heavy atom. The van der Waals surface area contributed by atoms with E-state index in [1.165, 1.54) is 32.1 Å². The first-order valence-electron chi connectivity index (χ1n) is 10.5. The van der Waals surface area contributed by atoms with Crippen molar-refractivity contribution < 1.29 is 19.1 Å². The lowest BCUT2D eigenvalue weighted by molar-refractivity contribution is -0.132. The molecule has 2 atom stereocenters. The molecule has 3 aliphatic rings. The first-order chi connectivity index (χ1) is 12.3. The summed E-state index contributed by atoms with van der Waals surface area (Å²) in [7, 11) is 0. The number of hydrogen-bond donors (Lipinski definition) is 0. The van der Waals surface area contributed by atoms with Gasteiger partial charge in [0.05, 0.1) is 25.3 Å². The number of carbonyl (C=O) groups excluding carboxylic acids is 2. The number of hydrogen-bond acceptors (Lipinski definition) is 4. The molecular weight excluding hydrogens is 330 g/mol. The highest BCUT2D eigenvalue weighted by molar-refractivity contribution is 5.81. The molecule has 0 radical (unpaired) electrons. The molecular formula is C21H35NO4. The van der Waals surface area contributed by atoms with Crippen LogP contribution in [0, 0.1) is 11.8 Å². The standard InChI is InChI=1S/C21H35NO4/c1-21(2,3)26-20(24)22-17-11-16(12-18(22)14-25-13-17)19(23)10-9-15-7-5-4-6-8-15/h15-18H,4-14H2,1-3H3. The van der Waals surface area contributed by atoms with Crippen LogP contribution in [0.1, 0.15) is 78.6 Å². The molecule has 0 spiro atoms. The van der Waals surface area contributed by atoms with Crippen molar-refractivity contribution in [1.82, 2.24) is 4.90 Å². The number of ketones is 1. The van der Waals surface area contributed by atoms with E-state index in [0.29, 0.717) is 25.4 Å². The van der Waals surface area contributed by atoms with Crippen molar-refractivity contribution in [1.29, 1.82) is 0 Å². The smallest absolute Gasteiger partial charge is 0.410 e. The molecule has 2 unspecified atom stereocenters. The molecule has 0 aromatic carbocycles. The fraction of sp³-hybridized carbons (Fsp3) is 0.905. The van der Waals surface area contributed by atoms with Crippen molar-refractivity contribution in [2.45, 2.75) is 96.2 Å². The molecule has 2 bridgehead atoms. The third kappa shape index (κ3) is 4.99. The zero-order valence-electron chi connectivity index (χ0n) is 16.7. The molecule has 148 valence electrons. The molecule has 2 heterocycles. The Morgan fingerprint density at radius 1 is 1.04 bits per heavy atom. The van der Waals surface area contributed by atoms with Gasteiger partial charge in [-0.15, -0.1) is 0 Å². The lowest BCUT2D eigenvalue weighted by atomic mass is 9.79. The van der Waals surface area contributed by atoms with Gasteiger partial charge < -0.3 is 9.47 Å². The van der Waals surface area contributed by atoms with Crippen LogP contribution in [-0.4, -0.2) is 47.7 Å². The number of amides is 1. The summed E-state index contributed by atoms with van der Waals surface area (Å²) in [6, 6.07) is -0.0537. The second-order valence-electron chi connectivity index (χ2n) is 9.41. The Kier molecular flexibility index (Phi) is 6.26. The number of rotatable bonds is 4. The largest absolute Gasteiger partial charge is 0.444 e. The Bertz CT molecular complexity index is 493. The second kappa shape index (κ2) is 8.28. The van der Waals surface area contributed by atoms with Crippen LogP contribution in [0.4, 0.5) is 4.79 Å². The first-order valence-corrected chi connectivity index (χ1v) is 10.5. The van der Waals surface area contributed by atoms with Crippen molar-refractivity contribution >= 4 is 11.9 Å². The van der Waals surface area contributed by atoms with E-state index >= 15 is 0 Å². The highest BCUT2D eigenvalue weighted by Crippen LogP contribution is 2.35. The molecule has 0 N–H and O–H groups in total. The maximum absolute atomic E-state index is 12.8. The molecule has 5 heteroatoms. The SMILES string of the molecule is CC(C)(C)OC(=O)N1C2COCC1CC(C(=O)CCC1CCCCC1)C2. The van der Waals surface area contributed by atoms with Crippen LogP contribution in [0.5, 0.6) is 0 Å². The van der Waals surface area contributed by atoms with Gasteiger partial charge in [-0.25, -0.2) is 4.79 Å². The minimum Gasteiger partial charge on any atom is -0.444 e. The molecule has 1 aliphatic carbocycles. The summed E-state index contributed by atoms with van der Waals surface area (Å²) in [5.74, 6) is 1.23. The fourth-order valence-corrected chi connectivity index (χ4v) is 4.82. The Morgan fingerprint density at radius 2 is 1.65 bits per heavy atom. The van der Waals surface area contributed by atoms with Gasteiger partial charge >= 0.3 is 6.09 Å². The number of piperidine rings is 1. The Labute approximate surface area is 157 Å². The number of carbonyl (C=O) groups is 2. The van der Waals surface area contributed by atoms with E-state index < -0.39 is 5.60 Å². The van der Waals surface area contributed by atoms with Gasteiger partial charge in [0.1, 0.15) is 11.4 Å². The molecule has 26 heavy (non-hydrogen) atoms. The average molecular weight is 366 g/mol. The maximum atomic E-state index is 12.8. The Balaban J connectivity index is 1.55. The predicted molar refractivity (Wildman–Crippen MR) is 100 cm³/mol. The van der Waals surface area contributed by atoms with Crippen molar-refractivity contribution in [3.05, 3.63) is 0 Å². The summed E-state index contributed by atoms with van der Waals surface area (Å²) in [6.45, 7) is 6.69. The minimum atomic E-state index is -0.501. The van der Waals surface area contributed by atoms with E-state index in [1.807, 2.05) is 25.7 Å². The number of nitrogens with zero attached hydrogens (tertiary/aromatic N) is 1. The van der Waals surface area contributed by atoms with E-state index in [2.05, 4.69) is 0 Å². The molecule has 1 amide bonds. The first kappa shape index (κ1) is 19.7. The zero-order chi connectivity index (χ0) is 18.7. The number of fused-ring (bicyclic) bond motifs is 2. The van der Waals surface area contributed by atoms with Crippen molar-refractivity contribution in [2.24, 2.45) is 11.8 Å². The van der Waals surface area contributed by atoms with Crippen LogP contribution < -0.4 is 0 Å². The molecule has 0 aromatic heterocycles. The molecule has 2 aliphatic heterocycles. The number of ether oxygens (including phenoxy) is 2. The summed E-state index contributed by atoms with van der Waals surface area (Å²) in [5, 5.41) is 0. The maximum Gasteiger partial charge on any atom is 0.410 e. The van der Waals surface area contributed by atoms with E-state index in [0.717, 1.165) is 25.2 Å². The van der Waals surface area contributed by atoms with Crippen LogP contribution in [0.2, 0.25) is 0 Å². The minimum absolute atomic E-state index is 0.0269. The summed E-state index contributed by atoms with van der Waals surface area (Å²) in [4.78, 5) is 27.2. The Hall–Kier alpha value is -1.10. The third-order valence-electron chi connectivity index (χ3n) is 6.10. The lowest BCUT2D eigenvalue weighted by Gasteiger charge is -2.48. The van der Waals surface area contributed by atoms with Crippen molar-refractivity contribution in [3.8, 4) is 0 Å². The fourth-order valence-electron chi connectivity index (χ4n) is 4.82. The quantitative estimate of drug-likeness (QED) is 0.744. The third-order valence-corrected chi connectivity index (χ3v) is 6.10. The van der Waals surface area contributed by atoms with Gasteiger partial charge in [0.2, 0.25) is 0 Å². The van der Waals surface area contributed by atoms with E-state index in [4.69, 9.17) is 9.47 Å². The van der Waals surface area contributed by atoms with E-state index in [-0.39, 0.29) is 24.1 Å². The van der Waals surface area contributed by atoms with Gasteiger partial charge in [-0.05, 0) is 46.0 Å². The zero-order valence-corrected chi connectivity index (χ0v) is 16.7. The van der Waals surface area contributed by atoms with Crippen LogP contribution in [0.3, 0.4) is 0 Å². The highest BCUT2D eigenvalue weighted by atomic mass is 16.6. The van der Waals surface area contributed by atoms with Gasteiger partial charge in [0.15, 0.2) is 0 Å². The van der Waals surface area contributed by atoms with Crippen LogP contribution >= 0.6 is 0 Å². The van der Waals surface area contributed by atoms with E-state index in [9.17, 15) is 9.59 Å².